The summed E-state index contributed by atoms with van der Waals surface area (Å²) in [5, 5.41) is 18.4. The molecule has 0 spiro atoms. The fourth-order valence-corrected chi connectivity index (χ4v) is 2.31. The highest BCUT2D eigenvalue weighted by Crippen LogP contribution is 2.23. The normalized spacial score (nSPS) is 12.8. The van der Waals surface area contributed by atoms with Gasteiger partial charge in [0.2, 0.25) is 0 Å². The van der Waals surface area contributed by atoms with Crippen molar-refractivity contribution in [3.8, 4) is 6.07 Å². The first-order chi connectivity index (χ1) is 9.02. The van der Waals surface area contributed by atoms with E-state index in [1.54, 1.807) is 6.92 Å². The number of benzene rings is 1. The van der Waals surface area contributed by atoms with Crippen LogP contribution in [0.4, 0.5) is 0 Å². The maximum absolute atomic E-state index is 9.42. The molecular weight excluding hydrogens is 238 g/mol. The van der Waals surface area contributed by atoms with Crippen LogP contribution in [-0.4, -0.2) is 20.8 Å². The number of aromatic nitrogens is 2. The van der Waals surface area contributed by atoms with Crippen molar-refractivity contribution in [2.45, 2.75) is 45.8 Å². The summed E-state index contributed by atoms with van der Waals surface area (Å²) in [6.45, 7) is 6.02. The summed E-state index contributed by atoms with van der Waals surface area (Å²) in [4.78, 5) is 4.62. The molecule has 0 aliphatic rings. The van der Waals surface area contributed by atoms with Crippen molar-refractivity contribution >= 4 is 11.0 Å². The van der Waals surface area contributed by atoms with E-state index in [1.165, 1.54) is 0 Å². The topological polar surface area (TPSA) is 61.8 Å². The average Bonchev–Trinajstić information content (AvgIpc) is 2.73. The fourth-order valence-electron chi connectivity index (χ4n) is 2.31. The van der Waals surface area contributed by atoms with Crippen LogP contribution in [0.15, 0.2) is 18.2 Å². The van der Waals surface area contributed by atoms with Crippen LogP contribution >= 0.6 is 0 Å². The van der Waals surface area contributed by atoms with Gasteiger partial charge in [0.1, 0.15) is 5.82 Å². The number of aliphatic hydroxyl groups is 1. The third-order valence-corrected chi connectivity index (χ3v) is 3.19. The van der Waals surface area contributed by atoms with Crippen LogP contribution in [0.2, 0.25) is 0 Å². The molecule has 4 nitrogen and oxygen atoms in total. The maximum Gasteiger partial charge on any atom is 0.110 e. The number of aliphatic hydroxyl groups excluding tert-OH is 1. The highest BCUT2D eigenvalue weighted by Gasteiger charge is 2.14. The molecule has 1 heterocycles. The lowest BCUT2D eigenvalue weighted by Gasteiger charge is -2.13. The van der Waals surface area contributed by atoms with Gasteiger partial charge in [0, 0.05) is 12.5 Å². The predicted octanol–water partition coefficient (Wildman–Crippen LogP) is 2.80. The number of hydrogen-bond acceptors (Lipinski definition) is 3. The van der Waals surface area contributed by atoms with E-state index in [0.29, 0.717) is 18.0 Å². The zero-order chi connectivity index (χ0) is 14.0. The summed E-state index contributed by atoms with van der Waals surface area (Å²) in [7, 11) is 0. The highest BCUT2D eigenvalue weighted by atomic mass is 16.3. The summed E-state index contributed by atoms with van der Waals surface area (Å²) >= 11 is 0. The molecule has 0 bridgehead atoms. The van der Waals surface area contributed by atoms with E-state index >= 15 is 0 Å². The molecule has 0 saturated carbocycles. The van der Waals surface area contributed by atoms with E-state index in [-0.39, 0.29) is 6.10 Å². The minimum Gasteiger partial charge on any atom is -0.393 e. The van der Waals surface area contributed by atoms with Gasteiger partial charge in [0.05, 0.1) is 28.8 Å². The molecule has 2 rings (SSSR count). The zero-order valence-electron chi connectivity index (χ0n) is 11.6. The van der Waals surface area contributed by atoms with Gasteiger partial charge >= 0.3 is 0 Å². The number of aryl methyl sites for hydroxylation is 1. The first-order valence-corrected chi connectivity index (χ1v) is 6.62. The molecule has 1 aromatic heterocycles. The highest BCUT2D eigenvalue weighted by molar-refractivity contribution is 5.78. The summed E-state index contributed by atoms with van der Waals surface area (Å²) in [6.07, 6.45) is 1.11. The van der Waals surface area contributed by atoms with Gasteiger partial charge in [-0.15, -0.1) is 0 Å². The quantitative estimate of drug-likeness (QED) is 0.916. The van der Waals surface area contributed by atoms with Crippen LogP contribution in [0.25, 0.3) is 11.0 Å². The minimum atomic E-state index is -0.324. The van der Waals surface area contributed by atoms with Gasteiger partial charge in [-0.05, 0) is 45.4 Å². The molecule has 0 amide bonds. The van der Waals surface area contributed by atoms with Crippen molar-refractivity contribution < 1.29 is 5.11 Å². The van der Waals surface area contributed by atoms with Gasteiger partial charge in [-0.2, -0.15) is 5.26 Å². The van der Waals surface area contributed by atoms with Gasteiger partial charge in [0.25, 0.3) is 0 Å². The summed E-state index contributed by atoms with van der Waals surface area (Å²) in [5.41, 5.74) is 2.53. The summed E-state index contributed by atoms with van der Waals surface area (Å²) < 4.78 is 2.18. The van der Waals surface area contributed by atoms with Gasteiger partial charge in [-0.1, -0.05) is 0 Å². The first kappa shape index (κ1) is 13.6. The third-order valence-electron chi connectivity index (χ3n) is 3.19. The number of rotatable bonds is 4. The number of fused-ring (bicyclic) bond motifs is 1. The van der Waals surface area contributed by atoms with E-state index in [4.69, 9.17) is 5.26 Å². The number of nitriles is 1. The second-order valence-corrected chi connectivity index (χ2v) is 5.19. The Morgan fingerprint density at radius 1 is 1.37 bits per heavy atom. The Kier molecular flexibility index (Phi) is 3.87. The van der Waals surface area contributed by atoms with Crippen LogP contribution in [0.3, 0.4) is 0 Å². The summed E-state index contributed by atoms with van der Waals surface area (Å²) in [6, 6.07) is 8.04. The third kappa shape index (κ3) is 2.77. The number of hydrogen-bond donors (Lipinski definition) is 1. The molecule has 0 fully saturated rings. The van der Waals surface area contributed by atoms with Gasteiger partial charge in [-0.25, -0.2) is 4.98 Å². The lowest BCUT2D eigenvalue weighted by molar-refractivity contribution is 0.183. The van der Waals surface area contributed by atoms with Crippen molar-refractivity contribution in [1.82, 2.24) is 9.55 Å². The monoisotopic (exact) mass is 257 g/mol. The molecule has 2 aromatic rings. The van der Waals surface area contributed by atoms with Gasteiger partial charge in [0.15, 0.2) is 0 Å². The second-order valence-electron chi connectivity index (χ2n) is 5.19. The van der Waals surface area contributed by atoms with E-state index < -0.39 is 0 Å². The van der Waals surface area contributed by atoms with Crippen LogP contribution < -0.4 is 0 Å². The minimum absolute atomic E-state index is 0.307. The van der Waals surface area contributed by atoms with E-state index in [1.807, 2.05) is 18.2 Å². The molecule has 0 radical (unpaired) electrons. The number of imidazole rings is 1. The van der Waals surface area contributed by atoms with Crippen molar-refractivity contribution in [1.29, 1.82) is 5.26 Å². The molecule has 0 aliphatic heterocycles. The Hall–Kier alpha value is -1.86. The van der Waals surface area contributed by atoms with Gasteiger partial charge < -0.3 is 9.67 Å². The molecule has 1 unspecified atom stereocenters. The van der Waals surface area contributed by atoms with E-state index in [9.17, 15) is 5.11 Å². The molecular formula is C15H19N3O. The van der Waals surface area contributed by atoms with Crippen LogP contribution in [-0.2, 0) is 6.42 Å². The second kappa shape index (κ2) is 5.41. The largest absolute Gasteiger partial charge is 0.393 e. The Morgan fingerprint density at radius 3 is 2.68 bits per heavy atom. The van der Waals surface area contributed by atoms with E-state index in [2.05, 4.69) is 29.5 Å². The molecule has 0 aliphatic carbocycles. The van der Waals surface area contributed by atoms with Gasteiger partial charge in [-0.3, -0.25) is 0 Å². The average molecular weight is 257 g/mol. The Balaban J connectivity index is 2.50. The Morgan fingerprint density at radius 2 is 2.11 bits per heavy atom. The Bertz CT molecular complexity index is 620. The number of nitrogens with zero attached hydrogens (tertiary/aromatic N) is 3. The maximum atomic E-state index is 9.42. The molecule has 1 atom stereocenters. The molecule has 1 aromatic carbocycles. The predicted molar refractivity (Wildman–Crippen MR) is 74.8 cm³/mol. The molecule has 1 N–H and O–H groups in total. The Labute approximate surface area is 113 Å². The zero-order valence-corrected chi connectivity index (χ0v) is 11.6. The standard InChI is InChI=1S/C15H19N3O/c1-10(2)18-14-6-5-12(9-16)8-13(14)17-15(18)7-4-11(3)19/h5-6,8,10-11,19H,4,7H2,1-3H3. The molecule has 4 heteroatoms. The lowest BCUT2D eigenvalue weighted by Crippen LogP contribution is -2.09. The lowest BCUT2D eigenvalue weighted by atomic mass is 10.2. The van der Waals surface area contributed by atoms with Crippen molar-refractivity contribution in [2.24, 2.45) is 0 Å². The van der Waals surface area contributed by atoms with Crippen molar-refractivity contribution in [3.05, 3.63) is 29.6 Å². The molecule has 19 heavy (non-hydrogen) atoms. The van der Waals surface area contributed by atoms with E-state index in [0.717, 1.165) is 23.3 Å². The SMILES string of the molecule is CC(O)CCc1nc2cc(C#N)ccc2n1C(C)C. The van der Waals surface area contributed by atoms with Crippen LogP contribution in [0.1, 0.15) is 44.6 Å². The van der Waals surface area contributed by atoms with Crippen LogP contribution in [0, 0.1) is 11.3 Å². The van der Waals surface area contributed by atoms with Crippen molar-refractivity contribution in [3.63, 3.8) is 0 Å². The van der Waals surface area contributed by atoms with Crippen molar-refractivity contribution in [2.75, 3.05) is 0 Å². The molecule has 100 valence electrons. The fraction of sp³-hybridized carbons (Fsp3) is 0.467. The molecule has 0 saturated heterocycles. The first-order valence-electron chi connectivity index (χ1n) is 6.62. The summed E-state index contributed by atoms with van der Waals surface area (Å²) in [5.74, 6) is 0.973. The smallest absolute Gasteiger partial charge is 0.110 e. The van der Waals surface area contributed by atoms with Crippen LogP contribution in [0.5, 0.6) is 0 Å².